The summed E-state index contributed by atoms with van der Waals surface area (Å²) in [5, 5.41) is 20.5. The third kappa shape index (κ3) is 8.95. The number of nitrogens with one attached hydrogen (secondary N) is 1. The Morgan fingerprint density at radius 1 is 0.745 bits per heavy atom. The van der Waals surface area contributed by atoms with Crippen molar-refractivity contribution in [3.63, 3.8) is 0 Å². The lowest BCUT2D eigenvalue weighted by atomic mass is 9.97. The quantitative estimate of drug-likeness (QED) is 0.103. The predicted octanol–water partition coefficient (Wildman–Crippen LogP) is 7.00. The van der Waals surface area contributed by atoms with Crippen molar-refractivity contribution in [1.82, 2.24) is 10.2 Å². The van der Waals surface area contributed by atoms with Crippen molar-refractivity contribution in [2.24, 2.45) is 5.92 Å². The lowest BCUT2D eigenvalue weighted by Gasteiger charge is -2.22. The van der Waals surface area contributed by atoms with Crippen LogP contribution in [-0.4, -0.2) is 77.4 Å². The van der Waals surface area contributed by atoms with E-state index in [0.717, 1.165) is 57.3 Å². The minimum Gasteiger partial charge on any atom is -0.480 e. The van der Waals surface area contributed by atoms with Crippen LogP contribution in [0.15, 0.2) is 110 Å². The molecule has 284 valence electrons. The van der Waals surface area contributed by atoms with Gasteiger partial charge in [-0.25, -0.2) is 9.59 Å². The van der Waals surface area contributed by atoms with Crippen LogP contribution in [0.1, 0.15) is 66.2 Å². The minimum atomic E-state index is -1.12. The molecule has 11 nitrogen and oxygen atoms in total. The number of ether oxygens (including phenoxy) is 2. The second kappa shape index (κ2) is 17.7. The summed E-state index contributed by atoms with van der Waals surface area (Å²) in [5.41, 5.74) is 9.11. The average Bonchev–Trinajstić information content (AvgIpc) is 3.62. The number of esters is 1. The number of rotatable bonds is 12. The van der Waals surface area contributed by atoms with E-state index in [9.17, 15) is 24.0 Å². The van der Waals surface area contributed by atoms with E-state index in [1.165, 1.54) is 11.0 Å². The third-order valence-corrected chi connectivity index (χ3v) is 10.3. The molecule has 11 heteroatoms. The van der Waals surface area contributed by atoms with Crippen molar-refractivity contribution in [3.05, 3.63) is 132 Å². The maximum absolute atomic E-state index is 12.7. The molecule has 0 radical (unpaired) electrons. The highest BCUT2D eigenvalue weighted by molar-refractivity contribution is 5.87. The zero-order valence-electron chi connectivity index (χ0n) is 30.4. The van der Waals surface area contributed by atoms with Crippen LogP contribution in [0, 0.1) is 5.92 Å². The monoisotopic (exact) mass is 744 g/mol. The number of fused-ring (bicyclic) bond motifs is 6. The first-order chi connectivity index (χ1) is 26.7. The Morgan fingerprint density at radius 3 is 1.67 bits per heavy atom. The number of carbonyl (C=O) groups is 5. The number of benzene rings is 4. The smallest absolute Gasteiger partial charge is 0.407 e. The zero-order chi connectivity index (χ0) is 38.9. The van der Waals surface area contributed by atoms with Gasteiger partial charge in [0.1, 0.15) is 25.8 Å². The van der Waals surface area contributed by atoms with Gasteiger partial charge in [0, 0.05) is 24.3 Å². The molecule has 3 aliphatic rings. The van der Waals surface area contributed by atoms with Crippen molar-refractivity contribution >= 4 is 29.9 Å². The van der Waals surface area contributed by atoms with Gasteiger partial charge < -0.3 is 29.9 Å². The van der Waals surface area contributed by atoms with Crippen LogP contribution in [0.4, 0.5) is 4.79 Å². The molecule has 1 heterocycles. The SMILES string of the molecule is C=CC[C@@H](NC(=O)OCC1c2ccccc2-c2ccccc21)C(=O)O.O=C(O)CN1CCCC[C@H](CC(=O)OCC2c3ccccc3-c3ccccc32)C1=O. The molecule has 2 amide bonds. The average molecular weight is 745 g/mol. The van der Waals surface area contributed by atoms with Gasteiger partial charge in [0.2, 0.25) is 5.91 Å². The van der Waals surface area contributed by atoms with Gasteiger partial charge in [-0.1, -0.05) is 110 Å². The van der Waals surface area contributed by atoms with E-state index in [-0.39, 0.29) is 50.3 Å². The van der Waals surface area contributed by atoms with Crippen LogP contribution in [0.25, 0.3) is 22.3 Å². The zero-order valence-corrected chi connectivity index (χ0v) is 30.4. The Morgan fingerprint density at radius 2 is 1.22 bits per heavy atom. The van der Waals surface area contributed by atoms with Crippen LogP contribution in [0.5, 0.6) is 0 Å². The number of likely N-dealkylation sites (tertiary alicyclic amines) is 1. The van der Waals surface area contributed by atoms with Gasteiger partial charge in [0.25, 0.3) is 0 Å². The van der Waals surface area contributed by atoms with E-state index in [2.05, 4.69) is 48.3 Å². The molecule has 1 aliphatic heterocycles. The first kappa shape index (κ1) is 38.5. The number of hydrogen-bond donors (Lipinski definition) is 3. The number of carboxylic acids is 2. The van der Waals surface area contributed by atoms with Gasteiger partial charge >= 0.3 is 24.0 Å². The molecular weight excluding hydrogens is 700 g/mol. The molecule has 7 rings (SSSR count). The Kier molecular flexibility index (Phi) is 12.4. The number of carboxylic acid groups (broad SMARTS) is 2. The molecule has 2 atom stereocenters. The maximum atomic E-state index is 12.7. The van der Waals surface area contributed by atoms with E-state index in [0.29, 0.717) is 13.0 Å². The summed E-state index contributed by atoms with van der Waals surface area (Å²) in [6.45, 7) is 3.98. The Bertz CT molecular complexity index is 1990. The van der Waals surface area contributed by atoms with Crippen molar-refractivity contribution < 1.29 is 43.7 Å². The number of aliphatic carboxylic acids is 2. The minimum absolute atomic E-state index is 0.00896. The largest absolute Gasteiger partial charge is 0.480 e. The van der Waals surface area contributed by atoms with Gasteiger partial charge in [-0.3, -0.25) is 14.4 Å². The van der Waals surface area contributed by atoms with Gasteiger partial charge in [-0.2, -0.15) is 0 Å². The highest BCUT2D eigenvalue weighted by Crippen LogP contribution is 2.45. The molecule has 0 spiro atoms. The van der Waals surface area contributed by atoms with E-state index in [1.807, 2.05) is 60.7 Å². The summed E-state index contributed by atoms with van der Waals surface area (Å²) in [6.07, 6.45) is 2.96. The first-order valence-electron chi connectivity index (χ1n) is 18.5. The van der Waals surface area contributed by atoms with E-state index in [4.69, 9.17) is 19.7 Å². The number of nitrogens with zero attached hydrogens (tertiary/aromatic N) is 1. The highest BCUT2D eigenvalue weighted by atomic mass is 16.5. The summed E-state index contributed by atoms with van der Waals surface area (Å²) < 4.78 is 10.9. The summed E-state index contributed by atoms with van der Waals surface area (Å²) in [7, 11) is 0. The Labute approximate surface area is 319 Å². The van der Waals surface area contributed by atoms with Gasteiger partial charge in [0.15, 0.2) is 0 Å². The lowest BCUT2D eigenvalue weighted by Crippen LogP contribution is -2.41. The fourth-order valence-electron chi connectivity index (χ4n) is 7.74. The normalized spacial score (nSPS) is 16.2. The van der Waals surface area contributed by atoms with Crippen LogP contribution in [0.2, 0.25) is 0 Å². The van der Waals surface area contributed by atoms with Crippen molar-refractivity contribution in [1.29, 1.82) is 0 Å². The number of hydrogen-bond acceptors (Lipinski definition) is 7. The summed E-state index contributed by atoms with van der Waals surface area (Å²) in [5.74, 6) is -3.41. The van der Waals surface area contributed by atoms with Crippen LogP contribution in [-0.2, 0) is 28.7 Å². The van der Waals surface area contributed by atoms with E-state index in [1.54, 1.807) is 0 Å². The maximum Gasteiger partial charge on any atom is 0.407 e. The van der Waals surface area contributed by atoms with Crippen molar-refractivity contribution in [3.8, 4) is 22.3 Å². The fraction of sp³-hybridized carbons (Fsp3) is 0.295. The van der Waals surface area contributed by atoms with Gasteiger partial charge in [-0.05, 0) is 63.8 Å². The predicted molar refractivity (Wildman–Crippen MR) is 205 cm³/mol. The molecule has 0 aromatic heterocycles. The third-order valence-electron chi connectivity index (χ3n) is 10.3. The summed E-state index contributed by atoms with van der Waals surface area (Å²) in [6, 6.07) is 31.3. The molecule has 1 saturated heterocycles. The van der Waals surface area contributed by atoms with Gasteiger partial charge in [-0.15, -0.1) is 6.58 Å². The Balaban J connectivity index is 0.000000190. The molecule has 4 aromatic rings. The number of carbonyl (C=O) groups excluding carboxylic acids is 3. The molecule has 2 aliphatic carbocycles. The molecule has 55 heavy (non-hydrogen) atoms. The van der Waals surface area contributed by atoms with Crippen LogP contribution < -0.4 is 5.32 Å². The highest BCUT2D eigenvalue weighted by Gasteiger charge is 2.33. The van der Waals surface area contributed by atoms with E-state index < -0.39 is 36.0 Å². The topological polar surface area (TPSA) is 160 Å². The second-order valence-corrected chi connectivity index (χ2v) is 13.8. The lowest BCUT2D eigenvalue weighted by molar-refractivity contribution is -0.150. The van der Waals surface area contributed by atoms with E-state index >= 15 is 0 Å². The van der Waals surface area contributed by atoms with Crippen LogP contribution in [0.3, 0.4) is 0 Å². The number of amides is 2. The number of alkyl carbamates (subject to hydrolysis) is 1. The molecule has 0 saturated carbocycles. The molecule has 3 N–H and O–H groups in total. The Hall–Kier alpha value is -6.23. The summed E-state index contributed by atoms with van der Waals surface area (Å²) in [4.78, 5) is 60.7. The molecule has 4 aromatic carbocycles. The fourth-order valence-corrected chi connectivity index (χ4v) is 7.74. The van der Waals surface area contributed by atoms with Crippen molar-refractivity contribution in [2.45, 2.75) is 50.0 Å². The van der Waals surface area contributed by atoms with Crippen LogP contribution >= 0.6 is 0 Å². The standard InChI is InChI=1S/C24H25NO5.C20H19NO4/c26-22(27)14-25-12-6-5-7-16(24(25)29)13-23(28)30-15-21-19-10-3-1-8-17(19)18-9-2-4-11-20(18)21;1-2-7-18(19(22)23)21-20(24)25-12-17-15-10-5-3-8-13(15)14-9-4-6-11-16(14)17/h1-4,8-11,16,21H,5-7,12-15H2,(H,26,27);2-6,8-11,17-18H,1,7,12H2,(H,21,24)(H,22,23)/t16-;18-/m11/s1. The molecule has 1 fully saturated rings. The first-order valence-corrected chi connectivity index (χ1v) is 18.5. The second-order valence-electron chi connectivity index (χ2n) is 13.8. The molecular formula is C44H44N2O9. The summed E-state index contributed by atoms with van der Waals surface area (Å²) >= 11 is 0. The van der Waals surface area contributed by atoms with Gasteiger partial charge in [0.05, 0.1) is 6.42 Å². The van der Waals surface area contributed by atoms with Crippen molar-refractivity contribution in [2.75, 3.05) is 26.3 Å². The molecule has 0 unspecified atom stereocenters. The molecule has 0 bridgehead atoms.